The Morgan fingerprint density at radius 3 is 2.31 bits per heavy atom. The number of furan rings is 2. The standard InChI is InChI=1S/C48H32O4/c1-3-7-27(8-4-1)29-11-17-39-35(23-29)33-15-21-43-45(47(33)51-39)37-25-31(13-19-41(37)49-43)32-14-20-42-38(26-32)46-44(50-42)22-16-34-36-24-30(28-9-5-2-6-10-28)12-18-40(36)52-48(34)46/h1-23,25-26,30,37,41,44,46H,24H2. The first-order valence-electron chi connectivity index (χ1n) is 18.2. The van der Waals surface area contributed by atoms with Crippen LogP contribution < -0.4 is 9.47 Å². The number of fused-ring (bicyclic) bond motifs is 14. The van der Waals surface area contributed by atoms with Gasteiger partial charge in [-0.3, -0.25) is 0 Å². The summed E-state index contributed by atoms with van der Waals surface area (Å²) in [6.07, 6.45) is 16.4. The molecule has 0 radical (unpaired) electrons. The molecule has 52 heavy (non-hydrogen) atoms. The van der Waals surface area contributed by atoms with Gasteiger partial charge in [-0.1, -0.05) is 97.1 Å². The van der Waals surface area contributed by atoms with Crippen molar-refractivity contribution in [1.29, 1.82) is 0 Å². The molecule has 5 atom stereocenters. The SMILES string of the molecule is C1=CC2Oc3ccc4c(oc5ccc(-c6ccccc6)cc54)c3C2C=C1c1ccc2c(c1)C1c3oc4c(c3C=CC1O2)CC(c1ccccc1)C=C4. The van der Waals surface area contributed by atoms with Crippen LogP contribution in [0, 0.1) is 0 Å². The number of hydrogen-bond donors (Lipinski definition) is 0. The van der Waals surface area contributed by atoms with Crippen molar-refractivity contribution in [3.8, 4) is 22.6 Å². The van der Waals surface area contributed by atoms with Gasteiger partial charge in [0.05, 0.1) is 11.8 Å². The molecule has 4 nitrogen and oxygen atoms in total. The normalized spacial score (nSPS) is 22.9. The summed E-state index contributed by atoms with van der Waals surface area (Å²) in [7, 11) is 0. The zero-order valence-corrected chi connectivity index (χ0v) is 28.2. The summed E-state index contributed by atoms with van der Waals surface area (Å²) in [5.41, 5.74) is 12.6. The Morgan fingerprint density at radius 2 is 1.40 bits per heavy atom. The molecule has 0 spiro atoms. The Bertz CT molecular complexity index is 2740. The van der Waals surface area contributed by atoms with E-state index in [0.717, 1.165) is 62.5 Å². The van der Waals surface area contributed by atoms with Crippen molar-refractivity contribution in [2.24, 2.45) is 0 Å². The molecule has 5 unspecified atom stereocenters. The molecule has 0 N–H and O–H groups in total. The molecule has 5 aliphatic rings. The third-order valence-corrected chi connectivity index (χ3v) is 11.8. The van der Waals surface area contributed by atoms with Crippen LogP contribution in [0.3, 0.4) is 0 Å². The Balaban J connectivity index is 0.905. The molecule has 2 aliphatic heterocycles. The monoisotopic (exact) mass is 672 g/mol. The number of allylic oxidation sites excluding steroid dienone is 3. The molecule has 4 heteroatoms. The lowest BCUT2D eigenvalue weighted by atomic mass is 9.81. The fraction of sp³-hybridized carbons (Fsp3) is 0.125. The fourth-order valence-electron chi connectivity index (χ4n) is 9.23. The van der Waals surface area contributed by atoms with E-state index in [1.165, 1.54) is 39.0 Å². The van der Waals surface area contributed by atoms with Crippen molar-refractivity contribution in [3.05, 3.63) is 184 Å². The van der Waals surface area contributed by atoms with Crippen molar-refractivity contribution in [2.45, 2.75) is 36.4 Å². The van der Waals surface area contributed by atoms with Crippen LogP contribution in [-0.2, 0) is 6.42 Å². The molecule has 12 rings (SSSR count). The summed E-state index contributed by atoms with van der Waals surface area (Å²) in [6.45, 7) is 0. The summed E-state index contributed by atoms with van der Waals surface area (Å²) in [5.74, 6) is 4.20. The highest BCUT2D eigenvalue weighted by Gasteiger charge is 2.42. The summed E-state index contributed by atoms with van der Waals surface area (Å²) < 4.78 is 26.4. The van der Waals surface area contributed by atoms with Crippen LogP contribution in [0.5, 0.6) is 11.5 Å². The molecule has 248 valence electrons. The highest BCUT2D eigenvalue weighted by molar-refractivity contribution is 6.08. The quantitative estimate of drug-likeness (QED) is 0.187. The summed E-state index contributed by atoms with van der Waals surface area (Å²) in [4.78, 5) is 0. The lowest BCUT2D eigenvalue weighted by Crippen LogP contribution is -2.20. The maximum absolute atomic E-state index is 6.69. The van der Waals surface area contributed by atoms with Gasteiger partial charge < -0.3 is 18.3 Å². The molecule has 4 heterocycles. The van der Waals surface area contributed by atoms with Crippen LogP contribution in [0.1, 0.15) is 62.7 Å². The van der Waals surface area contributed by atoms with E-state index in [2.05, 4.69) is 152 Å². The van der Waals surface area contributed by atoms with Gasteiger partial charge in [0.1, 0.15) is 46.4 Å². The maximum Gasteiger partial charge on any atom is 0.143 e. The highest BCUT2D eigenvalue weighted by atomic mass is 16.5. The van der Waals surface area contributed by atoms with Gasteiger partial charge in [0.25, 0.3) is 0 Å². The van der Waals surface area contributed by atoms with E-state index in [1.54, 1.807) is 0 Å². The average molecular weight is 673 g/mol. The molecule has 3 aliphatic carbocycles. The second kappa shape index (κ2) is 10.6. The number of ether oxygens (including phenoxy) is 2. The highest BCUT2D eigenvalue weighted by Crippen LogP contribution is 2.52. The average Bonchev–Trinajstić information content (AvgIpc) is 3.97. The third kappa shape index (κ3) is 4.09. The predicted molar refractivity (Wildman–Crippen MR) is 206 cm³/mol. The van der Waals surface area contributed by atoms with Crippen LogP contribution in [0.15, 0.2) is 148 Å². The molecular formula is C48H32O4. The smallest absolute Gasteiger partial charge is 0.143 e. The van der Waals surface area contributed by atoms with E-state index >= 15 is 0 Å². The van der Waals surface area contributed by atoms with Gasteiger partial charge in [0, 0.05) is 38.9 Å². The zero-order valence-electron chi connectivity index (χ0n) is 28.2. The molecule has 0 amide bonds. The molecule has 0 bridgehead atoms. The maximum atomic E-state index is 6.69. The Hall–Kier alpha value is -6.26. The van der Waals surface area contributed by atoms with Gasteiger partial charge >= 0.3 is 0 Å². The number of hydrogen-bond acceptors (Lipinski definition) is 4. The van der Waals surface area contributed by atoms with Crippen LogP contribution in [0.25, 0.3) is 50.8 Å². The van der Waals surface area contributed by atoms with Gasteiger partial charge in [-0.05, 0) is 88.9 Å². The number of benzene rings is 5. The van der Waals surface area contributed by atoms with Gasteiger partial charge in [-0.15, -0.1) is 0 Å². The summed E-state index contributed by atoms with van der Waals surface area (Å²) in [6, 6.07) is 38.6. The van der Waals surface area contributed by atoms with Gasteiger partial charge in [0.2, 0.25) is 0 Å². The van der Waals surface area contributed by atoms with E-state index < -0.39 is 0 Å². The summed E-state index contributed by atoms with van der Waals surface area (Å²) in [5, 5.41) is 2.24. The zero-order chi connectivity index (χ0) is 33.9. The first-order chi connectivity index (χ1) is 25.7. The van der Waals surface area contributed by atoms with Crippen LogP contribution in [0.4, 0.5) is 0 Å². The predicted octanol–water partition coefficient (Wildman–Crippen LogP) is 11.6. The van der Waals surface area contributed by atoms with Crippen molar-refractivity contribution < 1.29 is 18.3 Å². The van der Waals surface area contributed by atoms with E-state index in [-0.39, 0.29) is 24.0 Å². The Kier molecular flexibility index (Phi) is 5.81. The Morgan fingerprint density at radius 1 is 0.596 bits per heavy atom. The van der Waals surface area contributed by atoms with E-state index in [0.29, 0.717) is 5.92 Å². The Labute approximate surface area is 300 Å². The van der Waals surface area contributed by atoms with Crippen molar-refractivity contribution in [3.63, 3.8) is 0 Å². The van der Waals surface area contributed by atoms with Crippen LogP contribution in [0.2, 0.25) is 0 Å². The van der Waals surface area contributed by atoms with E-state index in [4.69, 9.17) is 18.3 Å². The van der Waals surface area contributed by atoms with Crippen LogP contribution >= 0.6 is 0 Å². The van der Waals surface area contributed by atoms with E-state index in [1.807, 2.05) is 0 Å². The first-order valence-corrected chi connectivity index (χ1v) is 18.2. The molecule has 0 saturated heterocycles. The summed E-state index contributed by atoms with van der Waals surface area (Å²) >= 11 is 0. The lowest BCUT2D eigenvalue weighted by molar-refractivity contribution is 0.254. The van der Waals surface area contributed by atoms with Gasteiger partial charge in [-0.25, -0.2) is 0 Å². The van der Waals surface area contributed by atoms with Crippen molar-refractivity contribution in [2.75, 3.05) is 0 Å². The third-order valence-electron chi connectivity index (χ3n) is 11.8. The number of rotatable bonds is 3. The van der Waals surface area contributed by atoms with Crippen molar-refractivity contribution >= 4 is 39.7 Å². The first kappa shape index (κ1) is 28.4. The molecular weight excluding hydrogens is 641 g/mol. The molecule has 0 saturated carbocycles. The topological polar surface area (TPSA) is 44.7 Å². The minimum Gasteiger partial charge on any atom is -0.485 e. The van der Waals surface area contributed by atoms with E-state index in [9.17, 15) is 0 Å². The van der Waals surface area contributed by atoms with Gasteiger partial charge in [-0.2, -0.15) is 0 Å². The largest absolute Gasteiger partial charge is 0.485 e. The van der Waals surface area contributed by atoms with Crippen LogP contribution in [-0.4, -0.2) is 12.2 Å². The second-order valence-electron chi connectivity index (χ2n) is 14.6. The molecule has 0 fully saturated rings. The lowest BCUT2D eigenvalue weighted by Gasteiger charge is -2.21. The second-order valence-corrected chi connectivity index (χ2v) is 14.6. The van der Waals surface area contributed by atoms with Gasteiger partial charge in [0.15, 0.2) is 0 Å². The minimum absolute atomic E-state index is 0.0107. The minimum atomic E-state index is -0.0848. The molecule has 5 aromatic carbocycles. The molecule has 2 aromatic heterocycles. The van der Waals surface area contributed by atoms with Crippen molar-refractivity contribution in [1.82, 2.24) is 0 Å². The fourth-order valence-corrected chi connectivity index (χ4v) is 9.23. The molecule has 7 aromatic rings.